The SMILES string of the molecule is CCCNC(=O)C(CC)N(Cc1ccc(C)cc1)C(=O)CCc1ccc2c(c1)OCO2. The van der Waals surface area contributed by atoms with Gasteiger partial charge in [-0.3, -0.25) is 9.59 Å². The van der Waals surface area contributed by atoms with E-state index in [2.05, 4.69) is 5.32 Å². The molecular formula is C25H32N2O4. The summed E-state index contributed by atoms with van der Waals surface area (Å²) in [6, 6.07) is 13.4. The van der Waals surface area contributed by atoms with Crippen LogP contribution in [0.5, 0.6) is 11.5 Å². The number of ether oxygens (including phenoxy) is 2. The number of rotatable bonds is 10. The fourth-order valence-electron chi connectivity index (χ4n) is 3.67. The van der Waals surface area contributed by atoms with Crippen molar-refractivity contribution >= 4 is 11.8 Å². The van der Waals surface area contributed by atoms with Gasteiger partial charge in [-0.2, -0.15) is 0 Å². The lowest BCUT2D eigenvalue weighted by Crippen LogP contribution is -2.49. The van der Waals surface area contributed by atoms with Crippen LogP contribution >= 0.6 is 0 Å². The van der Waals surface area contributed by atoms with E-state index in [4.69, 9.17) is 9.47 Å². The summed E-state index contributed by atoms with van der Waals surface area (Å²) in [4.78, 5) is 27.8. The van der Waals surface area contributed by atoms with Crippen molar-refractivity contribution in [1.29, 1.82) is 0 Å². The fourth-order valence-corrected chi connectivity index (χ4v) is 3.67. The van der Waals surface area contributed by atoms with E-state index < -0.39 is 6.04 Å². The zero-order valence-corrected chi connectivity index (χ0v) is 18.6. The zero-order chi connectivity index (χ0) is 22.2. The van der Waals surface area contributed by atoms with Crippen LogP contribution in [0.3, 0.4) is 0 Å². The maximum atomic E-state index is 13.3. The number of hydrogen-bond acceptors (Lipinski definition) is 4. The molecule has 166 valence electrons. The van der Waals surface area contributed by atoms with Gasteiger partial charge in [-0.25, -0.2) is 0 Å². The van der Waals surface area contributed by atoms with E-state index in [0.29, 0.717) is 38.1 Å². The molecule has 31 heavy (non-hydrogen) atoms. The minimum absolute atomic E-state index is 0.0308. The third-order valence-electron chi connectivity index (χ3n) is 5.47. The number of amides is 2. The molecule has 1 aliphatic heterocycles. The summed E-state index contributed by atoms with van der Waals surface area (Å²) in [5.41, 5.74) is 3.19. The molecule has 0 spiro atoms. The maximum Gasteiger partial charge on any atom is 0.242 e. The molecule has 0 bridgehead atoms. The molecule has 0 aliphatic carbocycles. The summed E-state index contributed by atoms with van der Waals surface area (Å²) < 4.78 is 10.8. The molecule has 2 aromatic rings. The Kier molecular flexibility index (Phi) is 7.93. The molecule has 6 heteroatoms. The molecule has 0 saturated heterocycles. The van der Waals surface area contributed by atoms with Gasteiger partial charge in [-0.05, 0) is 49.4 Å². The van der Waals surface area contributed by atoms with Crippen LogP contribution in [0.2, 0.25) is 0 Å². The number of aryl methyl sites for hydroxylation is 2. The van der Waals surface area contributed by atoms with E-state index in [1.165, 1.54) is 0 Å². The molecule has 0 saturated carbocycles. The molecule has 2 amide bonds. The topological polar surface area (TPSA) is 67.9 Å². The lowest BCUT2D eigenvalue weighted by atomic mass is 10.1. The van der Waals surface area contributed by atoms with E-state index in [0.717, 1.165) is 28.9 Å². The number of fused-ring (bicyclic) bond motifs is 1. The van der Waals surface area contributed by atoms with Gasteiger partial charge in [0.1, 0.15) is 6.04 Å². The minimum Gasteiger partial charge on any atom is -0.454 e. The van der Waals surface area contributed by atoms with Crippen LogP contribution in [0.4, 0.5) is 0 Å². The molecule has 1 heterocycles. The van der Waals surface area contributed by atoms with Gasteiger partial charge in [0.05, 0.1) is 0 Å². The van der Waals surface area contributed by atoms with Crippen LogP contribution < -0.4 is 14.8 Å². The molecule has 1 unspecified atom stereocenters. The van der Waals surface area contributed by atoms with Crippen molar-refractivity contribution in [3.05, 3.63) is 59.2 Å². The van der Waals surface area contributed by atoms with Gasteiger partial charge < -0.3 is 19.7 Å². The largest absolute Gasteiger partial charge is 0.454 e. The molecule has 2 aromatic carbocycles. The smallest absolute Gasteiger partial charge is 0.242 e. The van der Waals surface area contributed by atoms with Crippen molar-refractivity contribution in [3.8, 4) is 11.5 Å². The predicted molar refractivity (Wildman–Crippen MR) is 120 cm³/mol. The Bertz CT molecular complexity index is 895. The second-order valence-corrected chi connectivity index (χ2v) is 7.91. The van der Waals surface area contributed by atoms with Crippen LogP contribution in [-0.4, -0.2) is 36.1 Å². The minimum atomic E-state index is -0.489. The number of carbonyl (C=O) groups is 2. The van der Waals surface area contributed by atoms with Crippen molar-refractivity contribution in [2.75, 3.05) is 13.3 Å². The standard InChI is InChI=1S/C25H32N2O4/c1-4-14-26-25(29)21(5-2)27(16-20-8-6-18(3)7-9-20)24(28)13-11-19-10-12-22-23(15-19)31-17-30-22/h6-10,12,15,21H,4-5,11,13-14,16-17H2,1-3H3,(H,26,29). The summed E-state index contributed by atoms with van der Waals surface area (Å²) in [5, 5.41) is 2.95. The van der Waals surface area contributed by atoms with Crippen molar-refractivity contribution in [3.63, 3.8) is 0 Å². The van der Waals surface area contributed by atoms with Gasteiger partial charge in [0, 0.05) is 19.5 Å². The zero-order valence-electron chi connectivity index (χ0n) is 18.6. The number of hydrogen-bond donors (Lipinski definition) is 1. The predicted octanol–water partition coefficient (Wildman–Crippen LogP) is 3.99. The normalized spacial score (nSPS) is 13.0. The lowest BCUT2D eigenvalue weighted by Gasteiger charge is -2.31. The molecule has 1 atom stereocenters. The van der Waals surface area contributed by atoms with Gasteiger partial charge in [-0.15, -0.1) is 0 Å². The van der Waals surface area contributed by atoms with Gasteiger partial charge >= 0.3 is 0 Å². The van der Waals surface area contributed by atoms with Crippen molar-refractivity contribution in [2.24, 2.45) is 0 Å². The fraction of sp³-hybridized carbons (Fsp3) is 0.440. The van der Waals surface area contributed by atoms with Gasteiger partial charge in [-0.1, -0.05) is 49.7 Å². The second-order valence-electron chi connectivity index (χ2n) is 7.91. The van der Waals surface area contributed by atoms with Crippen LogP contribution in [0, 0.1) is 6.92 Å². The number of nitrogens with zero attached hydrogens (tertiary/aromatic N) is 1. The third-order valence-corrected chi connectivity index (χ3v) is 5.47. The molecule has 1 N–H and O–H groups in total. The van der Waals surface area contributed by atoms with Crippen LogP contribution in [-0.2, 0) is 22.6 Å². The second kappa shape index (κ2) is 10.8. The summed E-state index contributed by atoms with van der Waals surface area (Å²) in [6.45, 7) is 7.25. The molecule has 6 nitrogen and oxygen atoms in total. The number of benzene rings is 2. The van der Waals surface area contributed by atoms with E-state index >= 15 is 0 Å². The summed E-state index contributed by atoms with van der Waals surface area (Å²) in [7, 11) is 0. The van der Waals surface area contributed by atoms with E-state index in [1.807, 2.05) is 63.2 Å². The highest BCUT2D eigenvalue weighted by Crippen LogP contribution is 2.32. The molecule has 0 radical (unpaired) electrons. The Morgan fingerprint density at radius 2 is 1.74 bits per heavy atom. The highest BCUT2D eigenvalue weighted by Gasteiger charge is 2.28. The Balaban J connectivity index is 1.73. The van der Waals surface area contributed by atoms with Crippen molar-refractivity contribution in [1.82, 2.24) is 10.2 Å². The monoisotopic (exact) mass is 424 g/mol. The number of carbonyl (C=O) groups excluding carboxylic acids is 2. The Morgan fingerprint density at radius 1 is 1.03 bits per heavy atom. The summed E-state index contributed by atoms with van der Waals surface area (Å²) >= 11 is 0. The van der Waals surface area contributed by atoms with Gasteiger partial charge in [0.2, 0.25) is 18.6 Å². The highest BCUT2D eigenvalue weighted by molar-refractivity contribution is 5.87. The Morgan fingerprint density at radius 3 is 2.45 bits per heavy atom. The van der Waals surface area contributed by atoms with E-state index in [9.17, 15) is 9.59 Å². The Hall–Kier alpha value is -3.02. The Labute approximate surface area is 184 Å². The van der Waals surface area contributed by atoms with Crippen LogP contribution in [0.1, 0.15) is 49.8 Å². The summed E-state index contributed by atoms with van der Waals surface area (Å²) in [5.74, 6) is 1.33. The molecule has 0 aromatic heterocycles. The third kappa shape index (κ3) is 6.00. The lowest BCUT2D eigenvalue weighted by molar-refractivity contribution is -0.141. The first-order valence-electron chi connectivity index (χ1n) is 11.0. The highest BCUT2D eigenvalue weighted by atomic mass is 16.7. The van der Waals surface area contributed by atoms with E-state index in [-0.39, 0.29) is 18.6 Å². The van der Waals surface area contributed by atoms with Gasteiger partial charge in [0.25, 0.3) is 0 Å². The first-order chi connectivity index (χ1) is 15.0. The maximum absolute atomic E-state index is 13.3. The molecular weight excluding hydrogens is 392 g/mol. The average molecular weight is 425 g/mol. The molecule has 1 aliphatic rings. The van der Waals surface area contributed by atoms with Crippen LogP contribution in [0.15, 0.2) is 42.5 Å². The van der Waals surface area contributed by atoms with Gasteiger partial charge in [0.15, 0.2) is 11.5 Å². The molecule has 3 rings (SSSR count). The van der Waals surface area contributed by atoms with E-state index in [1.54, 1.807) is 4.90 Å². The number of nitrogens with one attached hydrogen (secondary N) is 1. The first kappa shape index (κ1) is 22.7. The van der Waals surface area contributed by atoms with Crippen molar-refractivity contribution in [2.45, 2.75) is 59.0 Å². The first-order valence-corrected chi connectivity index (χ1v) is 11.0. The summed E-state index contributed by atoms with van der Waals surface area (Å²) in [6.07, 6.45) is 2.32. The quantitative estimate of drug-likeness (QED) is 0.626. The molecule has 0 fully saturated rings. The van der Waals surface area contributed by atoms with Crippen LogP contribution in [0.25, 0.3) is 0 Å². The average Bonchev–Trinajstić information content (AvgIpc) is 3.25. The van der Waals surface area contributed by atoms with Crippen molar-refractivity contribution < 1.29 is 19.1 Å².